The van der Waals surface area contributed by atoms with Crippen molar-refractivity contribution in [1.29, 1.82) is 0 Å². The van der Waals surface area contributed by atoms with Crippen LogP contribution >= 0.6 is 0 Å². The second kappa shape index (κ2) is 4.70. The normalized spacial score (nSPS) is 8.40. The van der Waals surface area contributed by atoms with Crippen LogP contribution in [-0.4, -0.2) is 11.5 Å². The van der Waals surface area contributed by atoms with Gasteiger partial charge in [-0.3, -0.25) is 0 Å². The van der Waals surface area contributed by atoms with Gasteiger partial charge in [0.25, 0.3) is 0 Å². The lowest BCUT2D eigenvalue weighted by atomic mass is 10.6. The Hall–Kier alpha value is 0.700. The Morgan fingerprint density at radius 1 is 1.00 bits per heavy atom. The van der Waals surface area contributed by atoms with Crippen LogP contribution in [0, 0.1) is 0 Å². The van der Waals surface area contributed by atoms with Gasteiger partial charge in [0.1, 0.15) is 0 Å². The molecule has 0 saturated heterocycles. The molecule has 0 unspecified atom stereocenters. The van der Waals surface area contributed by atoms with Gasteiger partial charge in [-0.05, 0) is 0 Å². The van der Waals surface area contributed by atoms with E-state index >= 15 is 0 Å². The minimum atomic E-state index is 0.823. The predicted octanol–water partition coefficient (Wildman–Crippen LogP) is 0.470. The van der Waals surface area contributed by atoms with Crippen molar-refractivity contribution >= 4 is 25.3 Å². The summed E-state index contributed by atoms with van der Waals surface area (Å²) < 4.78 is 0. The maximum absolute atomic E-state index is 4.58. The topological polar surface area (TPSA) is 0 Å². The average molecular weight is 106 g/mol. The Morgan fingerprint density at radius 3 is 1.40 bits per heavy atom. The van der Waals surface area contributed by atoms with E-state index in [1.165, 1.54) is 0 Å². The minimum absolute atomic E-state index is 0.823. The van der Waals surface area contributed by atoms with Gasteiger partial charge in [-0.2, -0.15) is 11.5 Å². The molecule has 32 valence electrons. The highest BCUT2D eigenvalue weighted by molar-refractivity contribution is 7.59. The first-order chi connectivity index (χ1) is 2.41. The molecule has 0 saturated carbocycles. The van der Waals surface area contributed by atoms with Gasteiger partial charge in [0.15, 0.2) is 0 Å². The van der Waals surface area contributed by atoms with Gasteiger partial charge in [-0.15, -0.1) is 0 Å². The highest BCUT2D eigenvalue weighted by Gasteiger charge is 1.51. The fraction of sp³-hybridized carbons (Fsp3) is 1.00. The molecule has 0 amide bonds. The van der Waals surface area contributed by atoms with Crippen molar-refractivity contribution < 1.29 is 0 Å². The molecule has 0 bridgehead atoms. The summed E-state index contributed by atoms with van der Waals surface area (Å²) >= 11 is 9.17. The maximum Gasteiger partial charge on any atom is -0.0972 e. The molecule has 0 fully saturated rings. The molecule has 0 rings (SSSR count). The molecule has 0 aromatic carbocycles. The van der Waals surface area contributed by atoms with Gasteiger partial charge < -0.3 is 25.3 Å². The van der Waals surface area contributed by atoms with Crippen LogP contribution in [0.25, 0.3) is 0 Å². The third kappa shape index (κ3) is 4.70. The lowest BCUT2D eigenvalue weighted by molar-refractivity contribution is 1.13. The number of hydrogen-bond donors (Lipinski definition) is 0. The first-order valence-electron chi connectivity index (χ1n) is 1.58. The van der Waals surface area contributed by atoms with E-state index < -0.39 is 0 Å². The zero-order chi connectivity index (χ0) is 4.12. The van der Waals surface area contributed by atoms with E-state index in [9.17, 15) is 0 Å². The fourth-order valence-corrected chi connectivity index (χ4v) is 0.530. The summed E-state index contributed by atoms with van der Waals surface area (Å²) in [7, 11) is 0. The molecule has 0 aliphatic carbocycles. The van der Waals surface area contributed by atoms with E-state index in [0.29, 0.717) is 0 Å². The van der Waals surface area contributed by atoms with Crippen molar-refractivity contribution in [3.63, 3.8) is 0 Å². The standard InChI is InChI=1S/C3H8S2/c4-2-1-3-5/h4-5H,1-3H2/p-2. The van der Waals surface area contributed by atoms with Crippen LogP contribution in [0.3, 0.4) is 0 Å². The molecule has 0 aliphatic heterocycles. The zero-order valence-electron chi connectivity index (χ0n) is 2.94. The van der Waals surface area contributed by atoms with Crippen LogP contribution in [0.2, 0.25) is 0 Å². The van der Waals surface area contributed by atoms with E-state index in [-0.39, 0.29) is 0 Å². The Kier molecular flexibility index (Phi) is 5.36. The van der Waals surface area contributed by atoms with Crippen molar-refractivity contribution in [1.82, 2.24) is 0 Å². The van der Waals surface area contributed by atoms with Crippen LogP contribution in [0.1, 0.15) is 6.42 Å². The summed E-state index contributed by atoms with van der Waals surface area (Å²) in [5.41, 5.74) is 0. The third-order valence-electron chi connectivity index (χ3n) is 0.289. The lowest BCUT2D eigenvalue weighted by Crippen LogP contribution is -1.79. The van der Waals surface area contributed by atoms with Gasteiger partial charge in [0.05, 0.1) is 0 Å². The van der Waals surface area contributed by atoms with Gasteiger partial charge in [0.2, 0.25) is 0 Å². The second-order valence-corrected chi connectivity index (χ2v) is 1.58. The van der Waals surface area contributed by atoms with E-state index in [4.69, 9.17) is 0 Å². The van der Waals surface area contributed by atoms with Gasteiger partial charge >= 0.3 is 0 Å². The molecule has 0 nitrogen and oxygen atoms in total. The molecule has 0 aromatic heterocycles. The first-order valence-corrected chi connectivity index (χ1v) is 2.73. The SMILES string of the molecule is [S-]CCC[S-]. The zero-order valence-corrected chi connectivity index (χ0v) is 4.57. The quantitative estimate of drug-likeness (QED) is 0.469. The minimum Gasteiger partial charge on any atom is -0.793 e. The monoisotopic (exact) mass is 106 g/mol. The van der Waals surface area contributed by atoms with Crippen LogP contribution in [-0.2, 0) is 25.3 Å². The number of rotatable bonds is 2. The van der Waals surface area contributed by atoms with Crippen LogP contribution in [0.5, 0.6) is 0 Å². The largest absolute Gasteiger partial charge is 0.793 e. The summed E-state index contributed by atoms with van der Waals surface area (Å²) in [6.07, 6.45) is 1.02. The molecule has 0 heterocycles. The summed E-state index contributed by atoms with van der Waals surface area (Å²) in [5, 5.41) is 0. The van der Waals surface area contributed by atoms with Crippen molar-refractivity contribution in [2.45, 2.75) is 6.42 Å². The summed E-state index contributed by atoms with van der Waals surface area (Å²) in [6.45, 7) is 0. The van der Waals surface area contributed by atoms with Gasteiger partial charge in [-0.25, -0.2) is 0 Å². The lowest BCUT2D eigenvalue weighted by Gasteiger charge is -2.03. The molecule has 0 aromatic rings. The van der Waals surface area contributed by atoms with Crippen molar-refractivity contribution in [3.8, 4) is 0 Å². The molecule has 0 radical (unpaired) electrons. The Balaban J connectivity index is 2.19. The molecule has 0 atom stereocenters. The molecule has 0 aliphatic rings. The highest BCUT2D eigenvalue weighted by Crippen LogP contribution is 1.69. The Morgan fingerprint density at radius 2 is 1.40 bits per heavy atom. The van der Waals surface area contributed by atoms with Crippen LogP contribution in [0.15, 0.2) is 0 Å². The van der Waals surface area contributed by atoms with Crippen molar-refractivity contribution in [2.75, 3.05) is 11.5 Å². The van der Waals surface area contributed by atoms with E-state index in [1.54, 1.807) is 0 Å². The molecule has 0 N–H and O–H groups in total. The summed E-state index contributed by atoms with van der Waals surface area (Å²) in [6, 6.07) is 0. The maximum atomic E-state index is 4.58. The first kappa shape index (κ1) is 5.70. The third-order valence-corrected chi connectivity index (χ3v) is 0.866. The summed E-state index contributed by atoms with van der Waals surface area (Å²) in [4.78, 5) is 0. The molecule has 2 heteroatoms. The fourth-order valence-electron chi connectivity index (χ4n) is 0.0589. The van der Waals surface area contributed by atoms with E-state index in [0.717, 1.165) is 17.9 Å². The van der Waals surface area contributed by atoms with Gasteiger partial charge in [0, 0.05) is 0 Å². The van der Waals surface area contributed by atoms with E-state index in [1.807, 2.05) is 0 Å². The van der Waals surface area contributed by atoms with E-state index in [2.05, 4.69) is 25.3 Å². The highest BCUT2D eigenvalue weighted by atomic mass is 32.1. The van der Waals surface area contributed by atoms with Gasteiger partial charge in [-0.1, -0.05) is 6.42 Å². The van der Waals surface area contributed by atoms with Crippen molar-refractivity contribution in [3.05, 3.63) is 0 Å². The second-order valence-electron chi connectivity index (χ2n) is 0.762. The molecular weight excluding hydrogens is 100 g/mol. The van der Waals surface area contributed by atoms with Crippen LogP contribution < -0.4 is 0 Å². The molecular formula is C3H6S2-2. The molecule has 5 heavy (non-hydrogen) atoms. The van der Waals surface area contributed by atoms with Crippen molar-refractivity contribution in [2.24, 2.45) is 0 Å². The Labute approximate surface area is 43.8 Å². The number of hydrogen-bond acceptors (Lipinski definition) is 2. The summed E-state index contributed by atoms with van der Waals surface area (Å²) in [5.74, 6) is 1.65. The molecule has 0 spiro atoms. The Bertz CT molecular complexity index is 12.4. The predicted molar refractivity (Wildman–Crippen MR) is 29.1 cm³/mol. The average Bonchev–Trinajstić information content (AvgIpc) is 1.41. The van der Waals surface area contributed by atoms with Crippen LogP contribution in [0.4, 0.5) is 0 Å². The smallest absolute Gasteiger partial charge is 0.0972 e.